The summed E-state index contributed by atoms with van der Waals surface area (Å²) in [5, 5.41) is 0. The molecule has 0 spiro atoms. The van der Waals surface area contributed by atoms with E-state index in [0.29, 0.717) is 17.1 Å². The number of ether oxygens (including phenoxy) is 2. The predicted octanol–water partition coefficient (Wildman–Crippen LogP) is 4.73. The van der Waals surface area contributed by atoms with Gasteiger partial charge in [-0.05, 0) is 53.2 Å². The summed E-state index contributed by atoms with van der Waals surface area (Å²) in [6.07, 6.45) is 5.55. The Morgan fingerprint density at radius 3 is 2.80 bits per heavy atom. The first-order chi connectivity index (χ1) is 12.1. The zero-order valence-corrected chi connectivity index (χ0v) is 15.5. The summed E-state index contributed by atoms with van der Waals surface area (Å²) in [5.74, 6) is 0.349. The van der Waals surface area contributed by atoms with E-state index in [9.17, 15) is 4.39 Å². The van der Waals surface area contributed by atoms with E-state index in [0.717, 1.165) is 10.1 Å². The summed E-state index contributed by atoms with van der Waals surface area (Å²) in [6, 6.07) is 10.2. The summed E-state index contributed by atoms with van der Waals surface area (Å²) < 4.78 is 25.7. The highest BCUT2D eigenvalue weighted by atomic mass is 79.9. The number of halogens is 2. The van der Waals surface area contributed by atoms with Crippen molar-refractivity contribution in [1.82, 2.24) is 4.98 Å². The van der Waals surface area contributed by atoms with Crippen molar-refractivity contribution in [3.8, 4) is 5.75 Å². The summed E-state index contributed by atoms with van der Waals surface area (Å²) >= 11 is 3.52. The first-order valence-corrected chi connectivity index (χ1v) is 8.60. The molecule has 0 amide bonds. The highest BCUT2D eigenvalue weighted by Gasteiger charge is 2.26. The van der Waals surface area contributed by atoms with Crippen molar-refractivity contribution >= 4 is 27.2 Å². The number of hydrogen-bond acceptors (Lipinski definition) is 4. The highest BCUT2D eigenvalue weighted by molar-refractivity contribution is 9.11. The molecule has 1 unspecified atom stereocenters. The van der Waals surface area contributed by atoms with Crippen LogP contribution in [0.15, 0.2) is 59.4 Å². The van der Waals surface area contributed by atoms with Crippen LogP contribution in [0.25, 0.3) is 5.57 Å². The third-order valence-electron chi connectivity index (χ3n) is 3.93. The first kappa shape index (κ1) is 17.6. The standard InChI is InChI=1S/C19H18BrFN2O2/c1-13-15(19-18(25-12-24-2)8-5-9-22-19)10-14(20)11-23(13)17-7-4-3-6-16(17)21/h3-11,13H,12H2,1-2H3. The fourth-order valence-electron chi connectivity index (χ4n) is 2.75. The molecule has 0 radical (unpaired) electrons. The fourth-order valence-corrected chi connectivity index (χ4v) is 3.22. The Morgan fingerprint density at radius 2 is 2.04 bits per heavy atom. The van der Waals surface area contributed by atoms with Crippen molar-refractivity contribution in [2.75, 3.05) is 18.8 Å². The minimum atomic E-state index is -0.274. The maximum Gasteiger partial charge on any atom is 0.188 e. The Morgan fingerprint density at radius 1 is 1.24 bits per heavy atom. The van der Waals surface area contributed by atoms with Crippen LogP contribution in [0.1, 0.15) is 12.6 Å². The van der Waals surface area contributed by atoms with Crippen LogP contribution in [0.3, 0.4) is 0 Å². The number of para-hydroxylation sites is 1. The van der Waals surface area contributed by atoms with E-state index in [2.05, 4.69) is 20.9 Å². The van der Waals surface area contributed by atoms with Gasteiger partial charge in [-0.2, -0.15) is 0 Å². The molecule has 1 aliphatic heterocycles. The van der Waals surface area contributed by atoms with Crippen molar-refractivity contribution in [2.24, 2.45) is 0 Å². The molecule has 0 fully saturated rings. The number of pyridine rings is 1. The number of allylic oxidation sites excluding steroid dienone is 2. The van der Waals surface area contributed by atoms with Gasteiger partial charge in [0, 0.05) is 29.6 Å². The summed E-state index contributed by atoms with van der Waals surface area (Å²) in [4.78, 5) is 6.35. The van der Waals surface area contributed by atoms with E-state index in [-0.39, 0.29) is 18.7 Å². The minimum absolute atomic E-state index is 0.127. The van der Waals surface area contributed by atoms with E-state index in [1.165, 1.54) is 6.07 Å². The Kier molecular flexibility index (Phi) is 5.50. The molecule has 1 aliphatic rings. The molecule has 0 aliphatic carbocycles. The predicted molar refractivity (Wildman–Crippen MR) is 100 cm³/mol. The van der Waals surface area contributed by atoms with Crippen molar-refractivity contribution in [2.45, 2.75) is 13.0 Å². The third-order valence-corrected chi connectivity index (χ3v) is 4.36. The van der Waals surface area contributed by atoms with Crippen molar-refractivity contribution < 1.29 is 13.9 Å². The van der Waals surface area contributed by atoms with Crippen LogP contribution >= 0.6 is 15.9 Å². The molecule has 0 saturated carbocycles. The van der Waals surface area contributed by atoms with E-state index < -0.39 is 0 Å². The van der Waals surface area contributed by atoms with E-state index in [1.807, 2.05) is 42.3 Å². The number of hydrogen-bond donors (Lipinski definition) is 0. The smallest absolute Gasteiger partial charge is 0.188 e. The molecule has 25 heavy (non-hydrogen) atoms. The maximum absolute atomic E-state index is 14.3. The van der Waals surface area contributed by atoms with Gasteiger partial charge in [0.25, 0.3) is 0 Å². The molecular formula is C19H18BrFN2O2. The average molecular weight is 405 g/mol. The van der Waals surface area contributed by atoms with Gasteiger partial charge in [0.1, 0.15) is 17.3 Å². The van der Waals surface area contributed by atoms with Gasteiger partial charge in [-0.3, -0.25) is 4.98 Å². The van der Waals surface area contributed by atoms with Crippen molar-refractivity contribution in [3.05, 3.63) is 70.9 Å². The maximum atomic E-state index is 14.3. The molecule has 130 valence electrons. The number of anilines is 1. The number of aromatic nitrogens is 1. The number of methoxy groups -OCH3 is 1. The minimum Gasteiger partial charge on any atom is -0.465 e. The van der Waals surface area contributed by atoms with Crippen molar-refractivity contribution in [1.29, 1.82) is 0 Å². The zero-order chi connectivity index (χ0) is 17.8. The monoisotopic (exact) mass is 404 g/mol. The molecule has 1 aromatic carbocycles. The van der Waals surface area contributed by atoms with Crippen LogP contribution in [-0.4, -0.2) is 24.9 Å². The van der Waals surface area contributed by atoms with Gasteiger partial charge < -0.3 is 14.4 Å². The lowest BCUT2D eigenvalue weighted by Crippen LogP contribution is -2.32. The van der Waals surface area contributed by atoms with Crippen LogP contribution < -0.4 is 9.64 Å². The lowest BCUT2D eigenvalue weighted by atomic mass is 9.99. The fraction of sp³-hybridized carbons (Fsp3) is 0.211. The van der Waals surface area contributed by atoms with Crippen LogP contribution in [-0.2, 0) is 4.74 Å². The Labute approximate surface area is 154 Å². The Balaban J connectivity index is 2.01. The SMILES string of the molecule is COCOc1cccnc1C1=CC(Br)=CN(c2ccccc2F)C1C. The van der Waals surface area contributed by atoms with E-state index >= 15 is 0 Å². The van der Waals surface area contributed by atoms with Gasteiger partial charge >= 0.3 is 0 Å². The molecule has 1 aromatic heterocycles. The molecule has 2 heterocycles. The topological polar surface area (TPSA) is 34.6 Å². The van der Waals surface area contributed by atoms with Crippen LogP contribution in [0.2, 0.25) is 0 Å². The van der Waals surface area contributed by atoms with Gasteiger partial charge in [0.05, 0.1) is 11.7 Å². The van der Waals surface area contributed by atoms with Crippen molar-refractivity contribution in [3.63, 3.8) is 0 Å². The van der Waals surface area contributed by atoms with Crippen LogP contribution in [0, 0.1) is 5.82 Å². The molecule has 1 atom stereocenters. The largest absolute Gasteiger partial charge is 0.465 e. The first-order valence-electron chi connectivity index (χ1n) is 7.80. The number of benzene rings is 1. The summed E-state index contributed by atoms with van der Waals surface area (Å²) in [7, 11) is 1.57. The van der Waals surface area contributed by atoms with Gasteiger partial charge in [0.2, 0.25) is 0 Å². The van der Waals surface area contributed by atoms with Gasteiger partial charge in [-0.25, -0.2) is 4.39 Å². The van der Waals surface area contributed by atoms with Gasteiger partial charge in [-0.1, -0.05) is 12.1 Å². The Bertz CT molecular complexity index is 823. The zero-order valence-electron chi connectivity index (χ0n) is 13.9. The number of nitrogens with zero attached hydrogens (tertiary/aromatic N) is 2. The summed E-state index contributed by atoms with van der Waals surface area (Å²) in [5.41, 5.74) is 2.13. The van der Waals surface area contributed by atoms with Crippen LogP contribution in [0.4, 0.5) is 10.1 Å². The molecule has 4 nitrogen and oxygen atoms in total. The number of rotatable bonds is 5. The average Bonchev–Trinajstić information content (AvgIpc) is 2.62. The second kappa shape index (κ2) is 7.80. The molecule has 0 N–H and O–H groups in total. The lowest BCUT2D eigenvalue weighted by Gasteiger charge is -2.33. The highest BCUT2D eigenvalue weighted by Crippen LogP contribution is 2.37. The van der Waals surface area contributed by atoms with Gasteiger partial charge in [-0.15, -0.1) is 0 Å². The van der Waals surface area contributed by atoms with Crippen LogP contribution in [0.5, 0.6) is 5.75 Å². The third kappa shape index (κ3) is 3.75. The second-order valence-corrected chi connectivity index (χ2v) is 6.47. The normalized spacial score (nSPS) is 17.1. The second-order valence-electron chi connectivity index (χ2n) is 5.55. The van der Waals surface area contributed by atoms with Gasteiger partial charge in [0.15, 0.2) is 6.79 Å². The Hall–Kier alpha value is -2.18. The molecule has 3 rings (SSSR count). The quantitative estimate of drug-likeness (QED) is 0.674. The van der Waals surface area contributed by atoms with E-state index in [1.54, 1.807) is 25.4 Å². The molecule has 0 bridgehead atoms. The molecular weight excluding hydrogens is 387 g/mol. The van der Waals surface area contributed by atoms with E-state index in [4.69, 9.17) is 9.47 Å². The molecule has 2 aromatic rings. The molecule has 6 heteroatoms. The molecule has 0 saturated heterocycles. The lowest BCUT2D eigenvalue weighted by molar-refractivity contribution is 0.0506. The summed E-state index contributed by atoms with van der Waals surface area (Å²) in [6.45, 7) is 2.14.